The summed E-state index contributed by atoms with van der Waals surface area (Å²) in [6.07, 6.45) is 0. The van der Waals surface area contributed by atoms with Gasteiger partial charge in [0, 0.05) is 26.7 Å². The van der Waals surface area contributed by atoms with Crippen molar-refractivity contribution in [3.8, 4) is 0 Å². The highest BCUT2D eigenvalue weighted by Crippen LogP contribution is 2.79. The minimum Gasteiger partial charge on any atom is -0.259 e. The molecule has 12 heteroatoms. The predicted octanol–water partition coefficient (Wildman–Crippen LogP) is 3.36. The van der Waals surface area contributed by atoms with Gasteiger partial charge in [0.15, 0.2) is 0 Å². The number of hydrogen-bond acceptors (Lipinski definition) is 8. The maximum Gasteiger partial charge on any atom is 0.341 e. The van der Waals surface area contributed by atoms with Crippen molar-refractivity contribution in [3.05, 3.63) is 0 Å². The second-order valence-electron chi connectivity index (χ2n) is 3.41. The van der Waals surface area contributed by atoms with Gasteiger partial charge in [-0.2, -0.15) is 0 Å². The summed E-state index contributed by atoms with van der Waals surface area (Å²) in [7, 11) is -15.4. The molecule has 1 fully saturated rings. The zero-order valence-electron chi connectivity index (χ0n) is 9.05. The van der Waals surface area contributed by atoms with Gasteiger partial charge >= 0.3 is 30.4 Å². The Morgan fingerprint density at radius 3 is 0.750 bits per heavy atom. The monoisotopic (exact) mass is 312 g/mol. The molecule has 1 saturated heterocycles. The lowest BCUT2D eigenvalue weighted by Gasteiger charge is -2.28. The van der Waals surface area contributed by atoms with Crippen molar-refractivity contribution in [3.63, 3.8) is 0 Å². The Balaban J connectivity index is 3.18. The van der Waals surface area contributed by atoms with E-state index in [9.17, 15) is 18.3 Å². The average molecular weight is 312 g/mol. The minimum absolute atomic E-state index is 0.970. The summed E-state index contributed by atoms with van der Waals surface area (Å²) in [6.45, 7) is 3.88. The summed E-state index contributed by atoms with van der Waals surface area (Å²) in [5.41, 5.74) is 0. The normalized spacial score (nSPS) is 55.2. The van der Waals surface area contributed by atoms with Crippen LogP contribution in [-0.4, -0.2) is 26.7 Å². The molecule has 1 aliphatic heterocycles. The molecule has 0 aromatic heterocycles. The zero-order valence-corrected chi connectivity index (χ0v) is 12.6. The molecule has 0 aliphatic carbocycles. The first kappa shape index (κ1) is 14.8. The third kappa shape index (κ3) is 4.56. The highest BCUT2D eigenvalue weighted by Gasteiger charge is 2.45. The predicted molar refractivity (Wildman–Crippen MR) is 58.5 cm³/mol. The molecule has 0 radical (unpaired) electrons. The Kier molecular flexibility index (Phi) is 3.84. The van der Waals surface area contributed by atoms with Crippen LogP contribution in [-0.2, 0) is 35.5 Å². The fraction of sp³-hybridized carbons (Fsp3) is 1.00. The van der Waals surface area contributed by atoms with E-state index in [4.69, 9.17) is 0 Å². The second-order valence-corrected chi connectivity index (χ2v) is 12.2. The Morgan fingerprint density at radius 2 is 0.625 bits per heavy atom. The lowest BCUT2D eigenvalue weighted by atomic mass is 12.0. The fourth-order valence-electron chi connectivity index (χ4n) is 1.14. The van der Waals surface area contributed by atoms with Crippen molar-refractivity contribution in [2.45, 2.75) is 0 Å². The standard InChI is InChI=1S/C4H12O8P4/c1-13(5)9-14(2,6)11-16(4,8)12-15(3,7)10-13/h1-4H3. The number of hydrogen-bond donors (Lipinski definition) is 0. The van der Waals surface area contributed by atoms with Crippen LogP contribution in [0, 0.1) is 0 Å². The molecule has 1 heterocycles. The van der Waals surface area contributed by atoms with Gasteiger partial charge in [-0.1, -0.05) is 0 Å². The molecule has 1 rings (SSSR count). The molecular formula is C4H12O8P4. The van der Waals surface area contributed by atoms with Crippen molar-refractivity contribution in [1.82, 2.24) is 0 Å². The average Bonchev–Trinajstić information content (AvgIpc) is 1.67. The molecule has 0 amide bonds. The van der Waals surface area contributed by atoms with E-state index in [0.717, 1.165) is 26.7 Å². The lowest BCUT2D eigenvalue weighted by Crippen LogP contribution is -2.01. The summed E-state index contributed by atoms with van der Waals surface area (Å²) in [6, 6.07) is 0. The molecule has 0 aromatic carbocycles. The maximum atomic E-state index is 11.6. The van der Waals surface area contributed by atoms with Gasteiger partial charge in [-0.15, -0.1) is 0 Å². The van der Waals surface area contributed by atoms with Gasteiger partial charge in [0.05, 0.1) is 0 Å². The van der Waals surface area contributed by atoms with Crippen molar-refractivity contribution in [2.24, 2.45) is 0 Å². The van der Waals surface area contributed by atoms with Gasteiger partial charge in [0.2, 0.25) is 0 Å². The molecule has 16 heavy (non-hydrogen) atoms. The van der Waals surface area contributed by atoms with E-state index < -0.39 is 30.4 Å². The Morgan fingerprint density at radius 1 is 0.500 bits per heavy atom. The molecule has 0 spiro atoms. The van der Waals surface area contributed by atoms with Crippen molar-refractivity contribution in [1.29, 1.82) is 0 Å². The summed E-state index contributed by atoms with van der Waals surface area (Å²) in [5.74, 6) is 0. The second kappa shape index (κ2) is 4.15. The largest absolute Gasteiger partial charge is 0.341 e. The van der Waals surface area contributed by atoms with E-state index in [2.05, 4.69) is 17.2 Å². The van der Waals surface area contributed by atoms with Crippen LogP contribution >= 0.6 is 30.4 Å². The van der Waals surface area contributed by atoms with E-state index >= 15 is 0 Å². The summed E-state index contributed by atoms with van der Waals surface area (Å²) in [4.78, 5) is 0. The fourth-order valence-corrected chi connectivity index (χ4v) is 11.3. The minimum atomic E-state index is -3.85. The molecule has 0 N–H and O–H groups in total. The Hall–Kier alpha value is 0.760. The first-order chi connectivity index (χ1) is 6.83. The summed E-state index contributed by atoms with van der Waals surface area (Å²) >= 11 is 0. The number of rotatable bonds is 0. The first-order valence-electron chi connectivity index (χ1n) is 3.98. The van der Waals surface area contributed by atoms with Crippen LogP contribution in [0.1, 0.15) is 0 Å². The SMILES string of the molecule is CP1(=O)OP(C)(=O)OP(C)(=O)OP(C)(=O)O1. The van der Waals surface area contributed by atoms with Gasteiger partial charge in [-0.3, -0.25) is 18.3 Å². The van der Waals surface area contributed by atoms with Crippen LogP contribution in [0.25, 0.3) is 0 Å². The molecule has 0 bridgehead atoms. The highest BCUT2D eigenvalue weighted by molar-refractivity contribution is 7.79. The topological polar surface area (TPSA) is 105 Å². The molecule has 0 unspecified atom stereocenters. The highest BCUT2D eigenvalue weighted by atomic mass is 31.3. The van der Waals surface area contributed by atoms with Crippen LogP contribution in [0.4, 0.5) is 0 Å². The van der Waals surface area contributed by atoms with Crippen molar-refractivity contribution in [2.75, 3.05) is 26.7 Å². The van der Waals surface area contributed by atoms with E-state index in [1.807, 2.05) is 0 Å². The molecule has 0 saturated carbocycles. The molecule has 0 atom stereocenters. The third-order valence-corrected chi connectivity index (χ3v) is 10.7. The van der Waals surface area contributed by atoms with Crippen molar-refractivity contribution < 1.29 is 35.5 Å². The van der Waals surface area contributed by atoms with Gasteiger partial charge in [-0.05, 0) is 0 Å². The molecule has 1 aliphatic rings. The van der Waals surface area contributed by atoms with E-state index in [0.29, 0.717) is 0 Å². The summed E-state index contributed by atoms with van der Waals surface area (Å²) < 4.78 is 64.8. The quantitative estimate of drug-likeness (QED) is 0.627. The van der Waals surface area contributed by atoms with Gasteiger partial charge in [0.1, 0.15) is 0 Å². The smallest absolute Gasteiger partial charge is 0.259 e. The van der Waals surface area contributed by atoms with E-state index in [1.165, 1.54) is 0 Å². The van der Waals surface area contributed by atoms with E-state index in [1.54, 1.807) is 0 Å². The molecular weight excluding hydrogens is 300 g/mol. The third-order valence-electron chi connectivity index (χ3n) is 1.19. The lowest BCUT2D eigenvalue weighted by molar-refractivity contribution is 0.289. The van der Waals surface area contributed by atoms with Crippen LogP contribution in [0.3, 0.4) is 0 Å². The van der Waals surface area contributed by atoms with E-state index in [-0.39, 0.29) is 0 Å². The van der Waals surface area contributed by atoms with Gasteiger partial charge in [0.25, 0.3) is 0 Å². The zero-order chi connectivity index (χ0) is 12.8. The van der Waals surface area contributed by atoms with Crippen LogP contribution in [0.5, 0.6) is 0 Å². The van der Waals surface area contributed by atoms with Crippen LogP contribution in [0.15, 0.2) is 0 Å². The van der Waals surface area contributed by atoms with Crippen LogP contribution < -0.4 is 0 Å². The first-order valence-corrected chi connectivity index (χ1v) is 11.9. The summed E-state index contributed by atoms with van der Waals surface area (Å²) in [5, 5.41) is 0. The molecule has 8 nitrogen and oxygen atoms in total. The molecule has 0 aromatic rings. The Bertz CT molecular complexity index is 368. The maximum absolute atomic E-state index is 11.6. The van der Waals surface area contributed by atoms with Crippen molar-refractivity contribution >= 4 is 30.4 Å². The van der Waals surface area contributed by atoms with Gasteiger partial charge < -0.3 is 0 Å². The van der Waals surface area contributed by atoms with Crippen LogP contribution in [0.2, 0.25) is 0 Å². The molecule has 96 valence electrons. The Labute approximate surface area is 93.1 Å². The van der Waals surface area contributed by atoms with Gasteiger partial charge in [-0.25, -0.2) is 17.2 Å².